The Hall–Kier alpha value is -1.39. The number of aliphatic hydroxyl groups excluding tert-OH is 1. The molecule has 1 N–H and O–H groups in total. The quantitative estimate of drug-likeness (QED) is 0.932. The minimum atomic E-state index is -0.531. The van der Waals surface area contributed by atoms with Gasteiger partial charge in [-0.25, -0.2) is 4.98 Å². The largest absolute Gasteiger partial charge is 0.438 e. The van der Waals surface area contributed by atoms with Gasteiger partial charge in [-0.05, 0) is 59.1 Å². The topological polar surface area (TPSA) is 42.4 Å². The van der Waals surface area contributed by atoms with E-state index < -0.39 is 6.10 Å². The molecule has 0 unspecified atom stereocenters. The number of halogens is 1. The van der Waals surface area contributed by atoms with Gasteiger partial charge < -0.3 is 9.84 Å². The highest BCUT2D eigenvalue weighted by molar-refractivity contribution is 9.10. The third-order valence-electron chi connectivity index (χ3n) is 2.54. The maximum atomic E-state index is 9.51. The second-order valence-corrected chi connectivity index (χ2v) is 4.99. The molecule has 0 aliphatic rings. The highest BCUT2D eigenvalue weighted by Gasteiger charge is 2.06. The number of aryl methyl sites for hydroxylation is 1. The van der Waals surface area contributed by atoms with Gasteiger partial charge in [-0.1, -0.05) is 6.07 Å². The van der Waals surface area contributed by atoms with E-state index in [0.29, 0.717) is 11.6 Å². The number of aliphatic hydroxyl groups is 1. The van der Waals surface area contributed by atoms with Gasteiger partial charge in [0.05, 0.1) is 10.6 Å². The van der Waals surface area contributed by atoms with Crippen LogP contribution in [0.25, 0.3) is 0 Å². The van der Waals surface area contributed by atoms with Crippen molar-refractivity contribution in [1.29, 1.82) is 0 Å². The van der Waals surface area contributed by atoms with Crippen LogP contribution in [0, 0.1) is 6.92 Å². The van der Waals surface area contributed by atoms with E-state index >= 15 is 0 Å². The molecule has 3 nitrogen and oxygen atoms in total. The van der Waals surface area contributed by atoms with Gasteiger partial charge in [0.2, 0.25) is 5.88 Å². The van der Waals surface area contributed by atoms with Crippen LogP contribution in [0.5, 0.6) is 11.6 Å². The average molecular weight is 308 g/mol. The summed E-state index contributed by atoms with van der Waals surface area (Å²) in [6.07, 6.45) is 1.09. The highest BCUT2D eigenvalue weighted by atomic mass is 79.9. The molecule has 2 aromatic rings. The summed E-state index contributed by atoms with van der Waals surface area (Å²) < 4.78 is 6.57. The van der Waals surface area contributed by atoms with E-state index in [2.05, 4.69) is 20.9 Å². The zero-order valence-electron chi connectivity index (χ0n) is 10.2. The maximum Gasteiger partial charge on any atom is 0.219 e. The molecular formula is C14H14BrNO2. The number of pyridine rings is 1. The fourth-order valence-corrected chi connectivity index (χ4v) is 2.12. The van der Waals surface area contributed by atoms with Crippen molar-refractivity contribution in [3.63, 3.8) is 0 Å². The molecule has 1 aromatic carbocycles. The molecule has 0 amide bonds. The van der Waals surface area contributed by atoms with Crippen molar-refractivity contribution in [2.75, 3.05) is 0 Å². The smallest absolute Gasteiger partial charge is 0.219 e. The molecule has 4 heteroatoms. The van der Waals surface area contributed by atoms with Crippen molar-refractivity contribution < 1.29 is 9.84 Å². The van der Waals surface area contributed by atoms with Gasteiger partial charge in [-0.3, -0.25) is 0 Å². The number of rotatable bonds is 3. The van der Waals surface area contributed by atoms with Crippen LogP contribution in [-0.4, -0.2) is 10.1 Å². The van der Waals surface area contributed by atoms with E-state index in [1.165, 1.54) is 0 Å². The van der Waals surface area contributed by atoms with Gasteiger partial charge in [0.1, 0.15) is 5.75 Å². The first kappa shape index (κ1) is 13.1. The van der Waals surface area contributed by atoms with Gasteiger partial charge >= 0.3 is 0 Å². The Labute approximate surface area is 115 Å². The SMILES string of the molecule is Cc1ccc(Oc2cc([C@@H](C)O)ccn2)c(Br)c1. The zero-order valence-corrected chi connectivity index (χ0v) is 11.8. The second-order valence-electron chi connectivity index (χ2n) is 4.14. The van der Waals surface area contributed by atoms with Gasteiger partial charge in [0.15, 0.2) is 0 Å². The number of hydrogen-bond acceptors (Lipinski definition) is 3. The van der Waals surface area contributed by atoms with Crippen LogP contribution in [0.3, 0.4) is 0 Å². The molecular weight excluding hydrogens is 294 g/mol. The summed E-state index contributed by atoms with van der Waals surface area (Å²) in [6.45, 7) is 3.72. The molecule has 0 aliphatic carbocycles. The van der Waals surface area contributed by atoms with Gasteiger partial charge in [-0.2, -0.15) is 0 Å². The Morgan fingerprint density at radius 1 is 1.28 bits per heavy atom. The molecule has 0 saturated heterocycles. The van der Waals surface area contributed by atoms with Gasteiger partial charge in [0, 0.05) is 12.3 Å². The van der Waals surface area contributed by atoms with Gasteiger partial charge in [-0.15, -0.1) is 0 Å². The molecule has 1 atom stereocenters. The molecule has 94 valence electrons. The fourth-order valence-electron chi connectivity index (χ4n) is 1.54. The van der Waals surface area contributed by atoms with E-state index in [1.807, 2.05) is 25.1 Å². The second kappa shape index (κ2) is 5.50. The number of hydrogen-bond donors (Lipinski definition) is 1. The molecule has 0 radical (unpaired) electrons. The first-order chi connectivity index (χ1) is 8.56. The highest BCUT2D eigenvalue weighted by Crippen LogP contribution is 2.30. The molecule has 1 heterocycles. The molecule has 18 heavy (non-hydrogen) atoms. The Morgan fingerprint density at radius 3 is 2.72 bits per heavy atom. The summed E-state index contributed by atoms with van der Waals surface area (Å²) in [5.41, 5.74) is 1.93. The lowest BCUT2D eigenvalue weighted by atomic mass is 10.2. The normalized spacial score (nSPS) is 12.2. The lowest BCUT2D eigenvalue weighted by Gasteiger charge is -2.09. The Morgan fingerprint density at radius 2 is 2.06 bits per heavy atom. The lowest BCUT2D eigenvalue weighted by molar-refractivity contribution is 0.198. The molecule has 1 aromatic heterocycles. The zero-order chi connectivity index (χ0) is 13.1. The first-order valence-corrected chi connectivity index (χ1v) is 6.43. The lowest BCUT2D eigenvalue weighted by Crippen LogP contribution is -1.94. The van der Waals surface area contributed by atoms with Crippen LogP contribution >= 0.6 is 15.9 Å². The molecule has 0 fully saturated rings. The minimum Gasteiger partial charge on any atom is -0.438 e. The van der Waals surface area contributed by atoms with Crippen molar-refractivity contribution in [2.24, 2.45) is 0 Å². The van der Waals surface area contributed by atoms with Crippen LogP contribution in [0.15, 0.2) is 41.0 Å². The number of ether oxygens (including phenoxy) is 1. The molecule has 0 aliphatic heterocycles. The number of benzene rings is 1. The Bertz CT molecular complexity index is 555. The predicted octanol–water partition coefficient (Wildman–Crippen LogP) is 4.00. The van der Waals surface area contributed by atoms with Crippen LogP contribution in [0.1, 0.15) is 24.2 Å². The van der Waals surface area contributed by atoms with Crippen molar-refractivity contribution in [3.05, 3.63) is 52.1 Å². The number of nitrogens with zero attached hydrogens (tertiary/aromatic N) is 1. The Kier molecular flexibility index (Phi) is 3.99. The third kappa shape index (κ3) is 3.09. The van der Waals surface area contributed by atoms with Crippen molar-refractivity contribution >= 4 is 15.9 Å². The van der Waals surface area contributed by atoms with Crippen molar-refractivity contribution in [1.82, 2.24) is 4.98 Å². The van der Waals surface area contributed by atoms with Crippen LogP contribution in [0.4, 0.5) is 0 Å². The summed E-state index contributed by atoms with van der Waals surface area (Å²) in [5.74, 6) is 1.17. The van der Waals surface area contributed by atoms with Crippen LogP contribution < -0.4 is 4.74 Å². The average Bonchev–Trinajstić information content (AvgIpc) is 2.33. The summed E-state index contributed by atoms with van der Waals surface area (Å²) in [5, 5.41) is 9.51. The number of aromatic nitrogens is 1. The van der Waals surface area contributed by atoms with E-state index in [1.54, 1.807) is 25.3 Å². The minimum absolute atomic E-state index is 0.470. The standard InChI is InChI=1S/C14H14BrNO2/c1-9-3-4-13(12(15)7-9)18-14-8-11(10(2)17)5-6-16-14/h3-8,10,17H,1-2H3/t10-/m1/s1. The Balaban J connectivity index is 2.25. The monoisotopic (exact) mass is 307 g/mol. The first-order valence-electron chi connectivity index (χ1n) is 5.64. The molecule has 0 spiro atoms. The van der Waals surface area contributed by atoms with Crippen LogP contribution in [0.2, 0.25) is 0 Å². The summed E-state index contributed by atoms with van der Waals surface area (Å²) in [4.78, 5) is 4.13. The third-order valence-corrected chi connectivity index (χ3v) is 3.16. The van der Waals surface area contributed by atoms with E-state index in [-0.39, 0.29) is 0 Å². The summed E-state index contributed by atoms with van der Waals surface area (Å²) in [6, 6.07) is 9.33. The predicted molar refractivity (Wildman–Crippen MR) is 73.8 cm³/mol. The van der Waals surface area contributed by atoms with E-state index in [0.717, 1.165) is 15.6 Å². The summed E-state index contributed by atoms with van der Waals surface area (Å²) >= 11 is 3.45. The fraction of sp³-hybridized carbons (Fsp3) is 0.214. The molecule has 0 saturated carbocycles. The summed E-state index contributed by atoms with van der Waals surface area (Å²) in [7, 11) is 0. The van der Waals surface area contributed by atoms with E-state index in [9.17, 15) is 5.11 Å². The van der Waals surface area contributed by atoms with Crippen molar-refractivity contribution in [2.45, 2.75) is 20.0 Å². The van der Waals surface area contributed by atoms with Gasteiger partial charge in [0.25, 0.3) is 0 Å². The maximum absolute atomic E-state index is 9.51. The van der Waals surface area contributed by atoms with Crippen molar-refractivity contribution in [3.8, 4) is 11.6 Å². The molecule has 0 bridgehead atoms. The molecule has 2 rings (SSSR count). The van der Waals surface area contributed by atoms with E-state index in [4.69, 9.17) is 4.74 Å². The van der Waals surface area contributed by atoms with Crippen LogP contribution in [-0.2, 0) is 0 Å².